The van der Waals surface area contributed by atoms with Gasteiger partial charge in [0.25, 0.3) is 5.91 Å². The number of fused-ring (bicyclic) bond motifs is 1. The summed E-state index contributed by atoms with van der Waals surface area (Å²) >= 11 is 0. The molecule has 1 spiro atoms. The van der Waals surface area contributed by atoms with Crippen LogP contribution in [0.4, 0.5) is 4.39 Å². The van der Waals surface area contributed by atoms with Gasteiger partial charge in [0.15, 0.2) is 0 Å². The quantitative estimate of drug-likeness (QED) is 0.879. The van der Waals surface area contributed by atoms with E-state index in [4.69, 9.17) is 0 Å². The van der Waals surface area contributed by atoms with E-state index in [1.807, 2.05) is 4.90 Å². The number of likely N-dealkylation sites (tertiary alicyclic amines) is 2. The van der Waals surface area contributed by atoms with Crippen molar-refractivity contribution in [2.45, 2.75) is 31.2 Å². The van der Waals surface area contributed by atoms with Crippen LogP contribution in [-0.2, 0) is 0 Å². The summed E-state index contributed by atoms with van der Waals surface area (Å²) < 4.78 is 13.9. The number of imidazole rings is 1. The van der Waals surface area contributed by atoms with Crippen molar-refractivity contribution in [2.75, 3.05) is 26.7 Å². The molecule has 0 saturated carbocycles. The van der Waals surface area contributed by atoms with Crippen LogP contribution in [0.5, 0.6) is 0 Å². The fourth-order valence-electron chi connectivity index (χ4n) is 4.13. The molecule has 2 aliphatic rings. The SMILES string of the molecule is CN1CCC2(CCCN2C(=O)c2cc(F)cc3[nH]cnc23)CC1. The molecule has 2 saturated heterocycles. The molecule has 0 unspecified atom stereocenters. The largest absolute Gasteiger partial charge is 0.344 e. The van der Waals surface area contributed by atoms with Crippen LogP contribution in [0.2, 0.25) is 0 Å². The summed E-state index contributed by atoms with van der Waals surface area (Å²) in [6.07, 6.45) is 5.57. The maximum atomic E-state index is 13.9. The molecule has 1 aromatic carbocycles. The number of halogens is 1. The molecule has 122 valence electrons. The maximum absolute atomic E-state index is 13.9. The minimum Gasteiger partial charge on any atom is -0.344 e. The van der Waals surface area contributed by atoms with E-state index in [9.17, 15) is 9.18 Å². The molecule has 2 fully saturated rings. The second kappa shape index (κ2) is 5.30. The first-order valence-corrected chi connectivity index (χ1v) is 8.22. The molecule has 23 heavy (non-hydrogen) atoms. The van der Waals surface area contributed by atoms with Crippen LogP contribution in [0.3, 0.4) is 0 Å². The van der Waals surface area contributed by atoms with Gasteiger partial charge in [0.2, 0.25) is 0 Å². The zero-order chi connectivity index (χ0) is 16.0. The van der Waals surface area contributed by atoms with E-state index in [0.29, 0.717) is 16.6 Å². The van der Waals surface area contributed by atoms with Crippen LogP contribution in [0, 0.1) is 5.82 Å². The van der Waals surface area contributed by atoms with E-state index < -0.39 is 5.82 Å². The van der Waals surface area contributed by atoms with Crippen molar-refractivity contribution >= 4 is 16.9 Å². The van der Waals surface area contributed by atoms with Gasteiger partial charge in [-0.1, -0.05) is 0 Å². The number of nitrogens with one attached hydrogen (secondary N) is 1. The van der Waals surface area contributed by atoms with Crippen LogP contribution in [0.15, 0.2) is 18.5 Å². The number of rotatable bonds is 1. The monoisotopic (exact) mass is 316 g/mol. The zero-order valence-corrected chi connectivity index (χ0v) is 13.3. The number of aromatic nitrogens is 2. The molecule has 1 amide bonds. The Labute approximate surface area is 134 Å². The Bertz CT molecular complexity index is 748. The Kier molecular flexibility index (Phi) is 3.37. The third kappa shape index (κ3) is 2.32. The van der Waals surface area contributed by atoms with Gasteiger partial charge >= 0.3 is 0 Å². The summed E-state index contributed by atoms with van der Waals surface area (Å²) in [6.45, 7) is 2.76. The van der Waals surface area contributed by atoms with E-state index >= 15 is 0 Å². The molecule has 3 heterocycles. The van der Waals surface area contributed by atoms with Crippen molar-refractivity contribution in [3.63, 3.8) is 0 Å². The van der Waals surface area contributed by atoms with Crippen LogP contribution in [0.1, 0.15) is 36.0 Å². The van der Waals surface area contributed by atoms with Gasteiger partial charge in [-0.15, -0.1) is 0 Å². The van der Waals surface area contributed by atoms with E-state index in [0.717, 1.165) is 45.3 Å². The first kappa shape index (κ1) is 14.6. The van der Waals surface area contributed by atoms with Gasteiger partial charge in [-0.2, -0.15) is 0 Å². The Morgan fingerprint density at radius 1 is 1.26 bits per heavy atom. The van der Waals surface area contributed by atoms with Crippen LogP contribution < -0.4 is 0 Å². The lowest BCUT2D eigenvalue weighted by Crippen LogP contribution is -2.53. The zero-order valence-electron chi connectivity index (χ0n) is 13.3. The number of benzene rings is 1. The summed E-state index contributed by atoms with van der Waals surface area (Å²) in [5.74, 6) is -0.481. The summed E-state index contributed by atoms with van der Waals surface area (Å²) in [4.78, 5) is 24.6. The van der Waals surface area contributed by atoms with Gasteiger partial charge in [0, 0.05) is 25.2 Å². The molecule has 1 N–H and O–H groups in total. The van der Waals surface area contributed by atoms with Crippen molar-refractivity contribution in [2.24, 2.45) is 0 Å². The van der Waals surface area contributed by atoms with Crippen molar-refractivity contribution in [1.29, 1.82) is 0 Å². The lowest BCUT2D eigenvalue weighted by atomic mass is 9.84. The van der Waals surface area contributed by atoms with Crippen LogP contribution >= 0.6 is 0 Å². The molecular formula is C17H21FN4O. The van der Waals surface area contributed by atoms with Gasteiger partial charge in [-0.05, 0) is 44.9 Å². The molecule has 5 nitrogen and oxygen atoms in total. The first-order chi connectivity index (χ1) is 11.1. The van der Waals surface area contributed by atoms with Gasteiger partial charge in [0.1, 0.15) is 11.3 Å². The molecule has 0 aliphatic carbocycles. The fraction of sp³-hybridized carbons (Fsp3) is 0.529. The number of piperidine rings is 1. The number of nitrogens with zero attached hydrogens (tertiary/aromatic N) is 3. The average Bonchev–Trinajstić information content (AvgIpc) is 3.16. The van der Waals surface area contributed by atoms with Gasteiger partial charge < -0.3 is 14.8 Å². The summed E-state index contributed by atoms with van der Waals surface area (Å²) in [5, 5.41) is 0. The fourth-order valence-corrected chi connectivity index (χ4v) is 4.13. The van der Waals surface area contributed by atoms with Crippen molar-refractivity contribution < 1.29 is 9.18 Å². The molecule has 6 heteroatoms. The van der Waals surface area contributed by atoms with Gasteiger partial charge in [-0.25, -0.2) is 9.37 Å². The highest BCUT2D eigenvalue weighted by atomic mass is 19.1. The third-order valence-corrected chi connectivity index (χ3v) is 5.48. The van der Waals surface area contributed by atoms with E-state index in [1.54, 1.807) is 0 Å². The smallest absolute Gasteiger partial charge is 0.256 e. The predicted octanol–water partition coefficient (Wildman–Crippen LogP) is 2.40. The molecule has 2 aliphatic heterocycles. The highest BCUT2D eigenvalue weighted by molar-refractivity contribution is 6.05. The molecule has 1 aromatic heterocycles. The van der Waals surface area contributed by atoms with Crippen LogP contribution in [-0.4, -0.2) is 57.9 Å². The van der Waals surface area contributed by atoms with Gasteiger partial charge in [0.05, 0.1) is 17.4 Å². The second-order valence-electron chi connectivity index (χ2n) is 6.84. The van der Waals surface area contributed by atoms with Gasteiger partial charge in [-0.3, -0.25) is 4.79 Å². The van der Waals surface area contributed by atoms with Crippen molar-refractivity contribution in [3.8, 4) is 0 Å². The van der Waals surface area contributed by atoms with E-state index in [2.05, 4.69) is 21.9 Å². The van der Waals surface area contributed by atoms with Crippen molar-refractivity contribution in [3.05, 3.63) is 29.8 Å². The second-order valence-corrected chi connectivity index (χ2v) is 6.84. The Morgan fingerprint density at radius 2 is 2.04 bits per heavy atom. The number of aromatic amines is 1. The molecular weight excluding hydrogens is 295 g/mol. The minimum absolute atomic E-state index is 0.0570. The number of H-pyrrole nitrogens is 1. The maximum Gasteiger partial charge on any atom is 0.256 e. The number of hydrogen-bond acceptors (Lipinski definition) is 3. The summed E-state index contributed by atoms with van der Waals surface area (Å²) in [5.41, 5.74) is 1.45. The lowest BCUT2D eigenvalue weighted by Gasteiger charge is -2.44. The van der Waals surface area contributed by atoms with E-state index in [1.165, 1.54) is 18.5 Å². The number of hydrogen-bond donors (Lipinski definition) is 1. The first-order valence-electron chi connectivity index (χ1n) is 8.22. The Hall–Kier alpha value is -1.95. The van der Waals surface area contributed by atoms with E-state index in [-0.39, 0.29) is 11.4 Å². The normalized spacial score (nSPS) is 21.4. The Morgan fingerprint density at radius 3 is 2.83 bits per heavy atom. The third-order valence-electron chi connectivity index (χ3n) is 5.48. The summed E-state index contributed by atoms with van der Waals surface area (Å²) in [6, 6.07) is 2.71. The molecule has 0 bridgehead atoms. The number of carbonyl (C=O) groups excluding carboxylic acids is 1. The minimum atomic E-state index is -0.401. The topological polar surface area (TPSA) is 52.2 Å². The number of carbonyl (C=O) groups is 1. The highest BCUT2D eigenvalue weighted by Crippen LogP contribution is 2.39. The highest BCUT2D eigenvalue weighted by Gasteiger charge is 2.45. The predicted molar refractivity (Wildman–Crippen MR) is 85.8 cm³/mol. The number of amides is 1. The average molecular weight is 316 g/mol. The molecule has 4 rings (SSSR count). The standard InChI is InChI=1S/C17H21FN4O/c1-21-7-4-17(5-8-21)3-2-6-22(17)16(23)13-9-12(18)10-14-15(13)20-11-19-14/h9-11H,2-8H2,1H3,(H,19,20). The molecule has 2 aromatic rings. The van der Waals surface area contributed by atoms with Crippen LogP contribution in [0.25, 0.3) is 11.0 Å². The van der Waals surface area contributed by atoms with Crippen molar-refractivity contribution in [1.82, 2.24) is 19.8 Å². The molecule has 0 radical (unpaired) electrons. The lowest BCUT2D eigenvalue weighted by molar-refractivity contribution is 0.0410. The summed E-state index contributed by atoms with van der Waals surface area (Å²) in [7, 11) is 2.12. The Balaban J connectivity index is 1.71. The molecule has 0 atom stereocenters.